The van der Waals surface area contributed by atoms with Gasteiger partial charge in [-0.2, -0.15) is 0 Å². The van der Waals surface area contributed by atoms with E-state index >= 15 is 0 Å². The Balaban J connectivity index is 2.78. The monoisotopic (exact) mass is 1360 g/mol. The molecule has 1 fully saturated rings. The van der Waals surface area contributed by atoms with E-state index in [1.54, 1.807) is 0 Å². The molecule has 1 rings (SSSR count). The summed E-state index contributed by atoms with van der Waals surface area (Å²) in [4.78, 5) is 12.3. The predicted octanol–water partition coefficient (Wildman–Crippen LogP) is 19.5. The maximum atomic E-state index is 11.5. The summed E-state index contributed by atoms with van der Waals surface area (Å²) in [6.45, 7) is 27.1. The summed E-state index contributed by atoms with van der Waals surface area (Å²) in [5.74, 6) is 0. The van der Waals surface area contributed by atoms with Crippen molar-refractivity contribution in [3.8, 4) is 0 Å². The molecule has 0 aromatic rings. The highest BCUT2D eigenvalue weighted by Crippen LogP contribution is 2.19. The molecule has 6 N–H and O–H groups in total. The van der Waals surface area contributed by atoms with Gasteiger partial charge in [0.25, 0.3) is 0 Å². The normalized spacial score (nSPS) is 15.1. The Hall–Kier alpha value is -0.480. The summed E-state index contributed by atoms with van der Waals surface area (Å²) >= 11 is 0. The molecule has 1 aliphatic heterocycles. The quantitative estimate of drug-likeness (QED) is 0.0323. The summed E-state index contributed by atoms with van der Waals surface area (Å²) in [5.41, 5.74) is 0. The molecule has 0 saturated carbocycles. The maximum absolute atomic E-state index is 11.5. The minimum Gasteiger partial charge on any atom is -0.392 e. The second kappa shape index (κ2) is 74.2. The standard InChI is InChI=1S/C84H174N6O6/c1-6-11-16-21-26-31-36-41-46-51-56-80(91)75-88(63-61-85-62-64-89(76-81(92)57-52-47-42-37-32-27-22-17-12-7-2)77-82(93)58-53-48-43-38-33-28-23-18-13-8-3)70-69-86-65-67-87(68-66-86)71-73-96-74-72-90(78-83(94)59-54-49-44-39-34-29-24-19-14-9-4)79-84(95)60-55-50-45-40-35-30-25-20-15-10-5/h80-85,91-95H,6-79H2,1-5H3. The fourth-order valence-electron chi connectivity index (χ4n) is 14.7. The molecule has 1 saturated heterocycles. The Morgan fingerprint density at radius 3 is 0.750 bits per heavy atom. The number of aliphatic hydroxyl groups is 5. The number of hydrogen-bond donors (Lipinski definition) is 6. The lowest BCUT2D eigenvalue weighted by Gasteiger charge is -2.36. The van der Waals surface area contributed by atoms with Crippen molar-refractivity contribution in [3.63, 3.8) is 0 Å². The van der Waals surface area contributed by atoms with E-state index in [4.69, 9.17) is 4.74 Å². The molecule has 1 aliphatic rings. The lowest BCUT2D eigenvalue weighted by molar-refractivity contribution is 0.0297. The summed E-state index contributed by atoms with van der Waals surface area (Å²) < 4.78 is 6.33. The molecular weight excluding hydrogens is 1190 g/mol. The van der Waals surface area contributed by atoms with Crippen LogP contribution in [0.2, 0.25) is 0 Å². The van der Waals surface area contributed by atoms with Crippen molar-refractivity contribution in [2.45, 2.75) is 418 Å². The van der Waals surface area contributed by atoms with Gasteiger partial charge in [0.1, 0.15) is 0 Å². The number of unbranched alkanes of at least 4 members (excludes halogenated alkanes) is 45. The fourth-order valence-corrected chi connectivity index (χ4v) is 14.7. The van der Waals surface area contributed by atoms with Crippen molar-refractivity contribution in [1.29, 1.82) is 0 Å². The number of nitrogens with one attached hydrogen (secondary N) is 1. The molecule has 12 nitrogen and oxygen atoms in total. The Bertz CT molecular complexity index is 1420. The van der Waals surface area contributed by atoms with Gasteiger partial charge in [-0.25, -0.2) is 0 Å². The molecule has 0 amide bonds. The van der Waals surface area contributed by atoms with Gasteiger partial charge < -0.3 is 35.6 Å². The largest absolute Gasteiger partial charge is 0.392 e. The Morgan fingerprint density at radius 2 is 0.479 bits per heavy atom. The van der Waals surface area contributed by atoms with Crippen LogP contribution in [0.5, 0.6) is 0 Å². The molecule has 96 heavy (non-hydrogen) atoms. The number of rotatable bonds is 80. The van der Waals surface area contributed by atoms with E-state index in [1.165, 1.54) is 289 Å². The van der Waals surface area contributed by atoms with Crippen LogP contribution in [0.15, 0.2) is 0 Å². The van der Waals surface area contributed by atoms with E-state index in [2.05, 4.69) is 64.4 Å². The van der Waals surface area contributed by atoms with Crippen LogP contribution in [0, 0.1) is 0 Å². The predicted molar refractivity (Wildman–Crippen MR) is 418 cm³/mol. The van der Waals surface area contributed by atoms with E-state index in [0.717, 1.165) is 143 Å². The Morgan fingerprint density at radius 1 is 0.260 bits per heavy atom. The van der Waals surface area contributed by atoms with Gasteiger partial charge >= 0.3 is 0 Å². The van der Waals surface area contributed by atoms with Gasteiger partial charge in [-0.3, -0.25) is 24.5 Å². The first kappa shape index (κ1) is 93.5. The summed E-state index contributed by atoms with van der Waals surface area (Å²) in [6.07, 6.45) is 67.6. The van der Waals surface area contributed by atoms with Crippen LogP contribution in [-0.2, 0) is 4.74 Å². The van der Waals surface area contributed by atoms with E-state index < -0.39 is 0 Å². The molecule has 0 spiro atoms. The summed E-state index contributed by atoms with van der Waals surface area (Å²) in [5, 5.41) is 60.4. The van der Waals surface area contributed by atoms with Crippen LogP contribution in [0.1, 0.15) is 388 Å². The highest BCUT2D eigenvalue weighted by molar-refractivity contribution is 4.77. The SMILES string of the molecule is CCCCCCCCCCCCC(O)CN(CCNCCN(CC(O)CCCCCCCCCCCC)CC(O)CCCCCCCCCCCC)CCN1CCN(CCOCCN(CC(O)CCCCCCCCCCCC)CC(O)CCCCCCCCCCCC)CC1. The van der Waals surface area contributed by atoms with Gasteiger partial charge in [-0.15, -0.1) is 0 Å². The zero-order valence-electron chi connectivity index (χ0n) is 65.6. The van der Waals surface area contributed by atoms with E-state index in [9.17, 15) is 25.5 Å². The number of hydrogen-bond acceptors (Lipinski definition) is 12. The maximum Gasteiger partial charge on any atom is 0.0667 e. The molecule has 0 aromatic heterocycles. The van der Waals surface area contributed by atoms with Gasteiger partial charge in [0.05, 0.1) is 43.7 Å². The Kier molecular flexibility index (Phi) is 72.3. The van der Waals surface area contributed by atoms with Crippen molar-refractivity contribution in [2.75, 3.05) is 124 Å². The molecule has 5 atom stereocenters. The van der Waals surface area contributed by atoms with E-state index in [0.29, 0.717) is 45.9 Å². The summed E-state index contributed by atoms with van der Waals surface area (Å²) in [6, 6.07) is 0. The molecule has 0 radical (unpaired) electrons. The summed E-state index contributed by atoms with van der Waals surface area (Å²) in [7, 11) is 0. The highest BCUT2D eigenvalue weighted by Gasteiger charge is 2.21. The molecule has 0 bridgehead atoms. The lowest BCUT2D eigenvalue weighted by Crippen LogP contribution is -2.50. The van der Waals surface area contributed by atoms with Crippen LogP contribution >= 0.6 is 0 Å². The van der Waals surface area contributed by atoms with E-state index in [1.807, 2.05) is 0 Å². The first-order valence-electron chi connectivity index (χ1n) is 43.4. The van der Waals surface area contributed by atoms with Crippen molar-refractivity contribution in [2.24, 2.45) is 0 Å². The van der Waals surface area contributed by atoms with Crippen molar-refractivity contribution >= 4 is 0 Å². The van der Waals surface area contributed by atoms with Crippen molar-refractivity contribution in [3.05, 3.63) is 0 Å². The van der Waals surface area contributed by atoms with Gasteiger partial charge in [-0.1, -0.05) is 356 Å². The van der Waals surface area contributed by atoms with Crippen LogP contribution in [0.3, 0.4) is 0 Å². The number of aliphatic hydroxyl groups excluding tert-OH is 5. The molecule has 0 aromatic carbocycles. The fraction of sp³-hybridized carbons (Fsp3) is 1.00. The zero-order chi connectivity index (χ0) is 69.5. The number of piperazine rings is 1. The molecular formula is C84H174N6O6. The zero-order valence-corrected chi connectivity index (χ0v) is 65.6. The first-order chi connectivity index (χ1) is 47.1. The van der Waals surface area contributed by atoms with Gasteiger partial charge in [-0.05, 0) is 32.1 Å². The van der Waals surface area contributed by atoms with Crippen LogP contribution in [-0.4, -0.2) is 205 Å². The van der Waals surface area contributed by atoms with Crippen molar-refractivity contribution in [1.82, 2.24) is 29.8 Å². The third kappa shape index (κ3) is 65.5. The minimum atomic E-state index is -0.366. The average molecular weight is 1360 g/mol. The third-order valence-electron chi connectivity index (χ3n) is 21.3. The second-order valence-corrected chi connectivity index (χ2v) is 31.0. The van der Waals surface area contributed by atoms with Crippen LogP contribution in [0.25, 0.3) is 0 Å². The van der Waals surface area contributed by atoms with Crippen LogP contribution < -0.4 is 5.32 Å². The lowest BCUT2D eigenvalue weighted by atomic mass is 10.0. The molecule has 0 aliphatic carbocycles. The topological polar surface area (TPSA) is 139 Å². The molecule has 12 heteroatoms. The van der Waals surface area contributed by atoms with Gasteiger partial charge in [0.15, 0.2) is 0 Å². The average Bonchev–Trinajstić information content (AvgIpc) is 2.90. The minimum absolute atomic E-state index is 0.314. The third-order valence-corrected chi connectivity index (χ3v) is 21.3. The molecule has 5 unspecified atom stereocenters. The molecule has 576 valence electrons. The van der Waals surface area contributed by atoms with Crippen molar-refractivity contribution < 1.29 is 30.3 Å². The smallest absolute Gasteiger partial charge is 0.0667 e. The van der Waals surface area contributed by atoms with Gasteiger partial charge in [0, 0.05) is 111 Å². The number of nitrogens with zero attached hydrogens (tertiary/aromatic N) is 5. The Labute approximate surface area is 599 Å². The molecule has 1 heterocycles. The first-order valence-corrected chi connectivity index (χ1v) is 43.4. The van der Waals surface area contributed by atoms with Crippen LogP contribution in [0.4, 0.5) is 0 Å². The van der Waals surface area contributed by atoms with E-state index in [-0.39, 0.29) is 30.5 Å². The second-order valence-electron chi connectivity index (χ2n) is 31.0. The highest BCUT2D eigenvalue weighted by atomic mass is 16.5. The van der Waals surface area contributed by atoms with Gasteiger partial charge in [0.2, 0.25) is 0 Å². The number of ether oxygens (including phenoxy) is 1.